The SMILES string of the molecule is CCc1cccc(Nc2ncnc(OC3C4COCC3CN(C(=O)OC3(C)CC3)C4)c2F)c1F. The van der Waals surface area contributed by atoms with Gasteiger partial charge in [-0.3, -0.25) is 0 Å². The predicted molar refractivity (Wildman–Crippen MR) is 119 cm³/mol. The first-order valence-corrected chi connectivity index (χ1v) is 11.6. The number of rotatable bonds is 6. The summed E-state index contributed by atoms with van der Waals surface area (Å²) in [5, 5.41) is 2.72. The van der Waals surface area contributed by atoms with Crippen molar-refractivity contribution in [2.75, 3.05) is 31.6 Å². The molecule has 182 valence electrons. The molecule has 2 atom stereocenters. The van der Waals surface area contributed by atoms with Crippen LogP contribution in [0.15, 0.2) is 24.5 Å². The maximum Gasteiger partial charge on any atom is 0.410 e. The van der Waals surface area contributed by atoms with E-state index in [0.717, 1.165) is 12.8 Å². The lowest BCUT2D eigenvalue weighted by atomic mass is 9.84. The summed E-state index contributed by atoms with van der Waals surface area (Å²) in [4.78, 5) is 22.2. The molecule has 1 N–H and O–H groups in total. The minimum atomic E-state index is -0.800. The third kappa shape index (κ3) is 4.51. The molecule has 34 heavy (non-hydrogen) atoms. The van der Waals surface area contributed by atoms with Crippen molar-refractivity contribution in [3.05, 3.63) is 41.7 Å². The highest BCUT2D eigenvalue weighted by Gasteiger charge is 2.47. The molecule has 3 heterocycles. The lowest BCUT2D eigenvalue weighted by molar-refractivity contribution is -0.112. The van der Waals surface area contributed by atoms with Gasteiger partial charge in [0.05, 0.1) is 18.9 Å². The van der Waals surface area contributed by atoms with Crippen molar-refractivity contribution in [1.82, 2.24) is 14.9 Å². The Morgan fingerprint density at radius 1 is 1.21 bits per heavy atom. The molecule has 1 amide bonds. The number of halogens is 2. The van der Waals surface area contributed by atoms with Crippen molar-refractivity contribution in [2.24, 2.45) is 11.8 Å². The number of anilines is 2. The number of piperidine rings is 1. The number of aromatic nitrogens is 2. The van der Waals surface area contributed by atoms with Crippen LogP contribution >= 0.6 is 0 Å². The van der Waals surface area contributed by atoms with Crippen LogP contribution in [0.4, 0.5) is 25.1 Å². The fraction of sp³-hybridized carbons (Fsp3) is 0.542. The summed E-state index contributed by atoms with van der Waals surface area (Å²) in [6, 6.07) is 4.90. The Morgan fingerprint density at radius 2 is 1.94 bits per heavy atom. The normalized spacial score (nSPS) is 24.9. The van der Waals surface area contributed by atoms with Gasteiger partial charge in [0.1, 0.15) is 23.8 Å². The first-order valence-electron chi connectivity index (χ1n) is 11.6. The Kier molecular flexibility index (Phi) is 6.01. The van der Waals surface area contributed by atoms with Crippen molar-refractivity contribution in [2.45, 2.75) is 44.8 Å². The van der Waals surface area contributed by atoms with Gasteiger partial charge in [0.25, 0.3) is 5.88 Å². The molecule has 2 unspecified atom stereocenters. The van der Waals surface area contributed by atoms with E-state index in [1.807, 2.05) is 13.8 Å². The Hall–Kier alpha value is -3.01. The molecule has 2 aromatic rings. The van der Waals surface area contributed by atoms with E-state index in [1.54, 1.807) is 17.0 Å². The number of nitrogens with zero attached hydrogens (tertiary/aromatic N) is 3. The van der Waals surface area contributed by atoms with Crippen LogP contribution in [0.5, 0.6) is 5.88 Å². The molecule has 1 saturated carbocycles. The highest BCUT2D eigenvalue weighted by molar-refractivity contribution is 5.68. The Balaban J connectivity index is 1.30. The summed E-state index contributed by atoms with van der Waals surface area (Å²) in [7, 11) is 0. The zero-order chi connectivity index (χ0) is 23.9. The van der Waals surface area contributed by atoms with Gasteiger partial charge in [-0.1, -0.05) is 19.1 Å². The van der Waals surface area contributed by atoms with Gasteiger partial charge in [-0.25, -0.2) is 14.2 Å². The van der Waals surface area contributed by atoms with Gasteiger partial charge in [-0.2, -0.15) is 9.37 Å². The van der Waals surface area contributed by atoms with E-state index in [-0.39, 0.29) is 47.0 Å². The number of aryl methyl sites for hydroxylation is 1. The summed E-state index contributed by atoms with van der Waals surface area (Å²) in [5.41, 5.74) is 0.300. The molecule has 8 nitrogen and oxygen atoms in total. The summed E-state index contributed by atoms with van der Waals surface area (Å²) in [5.74, 6) is -1.94. The summed E-state index contributed by atoms with van der Waals surface area (Å²) < 4.78 is 47.2. The first kappa shape index (κ1) is 22.8. The molecule has 10 heteroatoms. The fourth-order valence-electron chi connectivity index (χ4n) is 4.52. The van der Waals surface area contributed by atoms with Crippen molar-refractivity contribution < 1.29 is 27.8 Å². The third-order valence-electron chi connectivity index (χ3n) is 6.77. The summed E-state index contributed by atoms with van der Waals surface area (Å²) in [6.07, 6.45) is 2.74. The minimum Gasteiger partial charge on any atom is -0.471 e. The Labute approximate surface area is 196 Å². The highest BCUT2D eigenvalue weighted by Crippen LogP contribution is 2.40. The fourth-order valence-corrected chi connectivity index (χ4v) is 4.52. The van der Waals surface area contributed by atoms with Gasteiger partial charge >= 0.3 is 6.09 Å². The highest BCUT2D eigenvalue weighted by atomic mass is 19.1. The molecule has 0 radical (unpaired) electrons. The topological polar surface area (TPSA) is 85.8 Å². The number of amides is 1. The number of benzene rings is 1. The lowest BCUT2D eigenvalue weighted by Crippen LogP contribution is -2.59. The van der Waals surface area contributed by atoms with Crippen LogP contribution in [0, 0.1) is 23.5 Å². The number of hydrogen-bond donors (Lipinski definition) is 1. The number of carbonyl (C=O) groups is 1. The number of nitrogens with one attached hydrogen (secondary N) is 1. The Morgan fingerprint density at radius 3 is 2.62 bits per heavy atom. The molecule has 1 aromatic heterocycles. The van der Waals surface area contributed by atoms with Crippen LogP contribution in [-0.4, -0.2) is 59.0 Å². The molecule has 1 aliphatic carbocycles. The molecule has 3 aliphatic rings. The Bertz CT molecular complexity index is 1070. The van der Waals surface area contributed by atoms with Gasteiger partial charge in [0.2, 0.25) is 5.82 Å². The van der Waals surface area contributed by atoms with Crippen LogP contribution in [0.2, 0.25) is 0 Å². The lowest BCUT2D eigenvalue weighted by Gasteiger charge is -2.46. The van der Waals surface area contributed by atoms with Crippen molar-refractivity contribution in [3.63, 3.8) is 0 Å². The first-order chi connectivity index (χ1) is 16.4. The number of carbonyl (C=O) groups excluding carboxylic acids is 1. The summed E-state index contributed by atoms with van der Waals surface area (Å²) >= 11 is 0. The van der Waals surface area contributed by atoms with E-state index in [2.05, 4.69) is 15.3 Å². The van der Waals surface area contributed by atoms with Crippen LogP contribution < -0.4 is 10.1 Å². The molecule has 1 aromatic carbocycles. The maximum atomic E-state index is 15.3. The van der Waals surface area contributed by atoms with Gasteiger partial charge in [0.15, 0.2) is 5.82 Å². The van der Waals surface area contributed by atoms with Crippen molar-refractivity contribution >= 4 is 17.6 Å². The van der Waals surface area contributed by atoms with Crippen LogP contribution in [-0.2, 0) is 15.9 Å². The quantitative estimate of drug-likeness (QED) is 0.675. The van der Waals surface area contributed by atoms with Gasteiger partial charge in [0, 0.05) is 24.9 Å². The van der Waals surface area contributed by atoms with Crippen LogP contribution in [0.3, 0.4) is 0 Å². The maximum absolute atomic E-state index is 15.3. The molecule has 3 fully saturated rings. The number of fused-ring (bicyclic) bond motifs is 2. The molecule has 2 aliphatic heterocycles. The zero-order valence-corrected chi connectivity index (χ0v) is 19.2. The molecular weight excluding hydrogens is 446 g/mol. The van der Waals surface area contributed by atoms with Crippen LogP contribution in [0.1, 0.15) is 32.3 Å². The molecular formula is C24H28F2N4O4. The summed E-state index contributed by atoms with van der Waals surface area (Å²) in [6.45, 7) is 5.33. The van der Waals surface area contributed by atoms with E-state index >= 15 is 4.39 Å². The van der Waals surface area contributed by atoms with Gasteiger partial charge < -0.3 is 24.4 Å². The monoisotopic (exact) mass is 474 g/mol. The third-order valence-corrected chi connectivity index (χ3v) is 6.77. The van der Waals surface area contributed by atoms with E-state index < -0.39 is 11.6 Å². The largest absolute Gasteiger partial charge is 0.471 e. The number of likely N-dealkylation sites (tertiary alicyclic amines) is 1. The van der Waals surface area contributed by atoms with E-state index in [9.17, 15) is 9.18 Å². The van der Waals surface area contributed by atoms with E-state index in [0.29, 0.717) is 38.3 Å². The van der Waals surface area contributed by atoms with E-state index in [1.165, 1.54) is 12.4 Å². The second kappa shape index (κ2) is 8.98. The molecule has 2 bridgehead atoms. The molecule has 5 rings (SSSR count). The molecule has 0 spiro atoms. The van der Waals surface area contributed by atoms with Gasteiger partial charge in [-0.05, 0) is 37.8 Å². The van der Waals surface area contributed by atoms with Crippen molar-refractivity contribution in [3.8, 4) is 5.88 Å². The predicted octanol–water partition coefficient (Wildman–Crippen LogP) is 4.08. The second-order valence-electron chi connectivity index (χ2n) is 9.46. The number of ether oxygens (including phenoxy) is 3. The smallest absolute Gasteiger partial charge is 0.410 e. The second-order valence-corrected chi connectivity index (χ2v) is 9.46. The number of hydrogen-bond acceptors (Lipinski definition) is 7. The average molecular weight is 475 g/mol. The standard InChI is InChI=1S/C24H28F2N4O4/c1-3-14-5-4-6-17(18(14)25)29-21-19(26)22(28-13-27-21)33-20-15-9-30(10-16(20)12-32-11-15)23(31)34-24(2)7-8-24/h4-6,13,15-16,20H,3,7-12H2,1-2H3,(H,27,28,29). The average Bonchev–Trinajstić information content (AvgIpc) is 3.53. The minimum absolute atomic E-state index is 0.129. The van der Waals surface area contributed by atoms with E-state index in [4.69, 9.17) is 14.2 Å². The zero-order valence-electron chi connectivity index (χ0n) is 19.2. The van der Waals surface area contributed by atoms with Gasteiger partial charge in [-0.15, -0.1) is 0 Å². The van der Waals surface area contributed by atoms with Crippen molar-refractivity contribution in [1.29, 1.82) is 0 Å². The molecule has 2 saturated heterocycles. The van der Waals surface area contributed by atoms with Crippen LogP contribution in [0.25, 0.3) is 0 Å².